The van der Waals surface area contributed by atoms with E-state index in [9.17, 15) is 19.5 Å². The Hall–Kier alpha value is -4.67. The predicted octanol–water partition coefficient (Wildman–Crippen LogP) is 6.99. The highest BCUT2D eigenvalue weighted by Crippen LogP contribution is 2.40. The molecule has 0 spiro atoms. The summed E-state index contributed by atoms with van der Waals surface area (Å²) in [6.07, 6.45) is 1.11. The third kappa shape index (κ3) is 7.67. The van der Waals surface area contributed by atoms with Gasteiger partial charge in [-0.05, 0) is 92.2 Å². The minimum Gasteiger partial charge on any atom is -0.459 e. The van der Waals surface area contributed by atoms with E-state index >= 15 is 0 Å². The highest BCUT2D eigenvalue weighted by Gasteiger charge is 2.39. The fourth-order valence-electron chi connectivity index (χ4n) is 7.26. The topological polar surface area (TPSA) is 106 Å². The predicted molar refractivity (Wildman–Crippen MR) is 191 cm³/mol. The zero-order chi connectivity index (χ0) is 35.7. The maximum Gasteiger partial charge on any atom is 0.323 e. The van der Waals surface area contributed by atoms with Gasteiger partial charge in [-0.1, -0.05) is 72.8 Å². The molecule has 3 heterocycles. The van der Waals surface area contributed by atoms with Crippen LogP contribution in [0.4, 0.5) is 0 Å². The quantitative estimate of drug-likeness (QED) is 0.148. The van der Waals surface area contributed by atoms with Gasteiger partial charge in [0.1, 0.15) is 11.6 Å². The number of hydrogen-bond donors (Lipinski definition) is 1. The van der Waals surface area contributed by atoms with Crippen LogP contribution in [-0.4, -0.2) is 63.5 Å². The van der Waals surface area contributed by atoms with Crippen molar-refractivity contribution in [2.45, 2.75) is 83.3 Å². The molecule has 0 aliphatic carbocycles. The van der Waals surface area contributed by atoms with Crippen LogP contribution in [0, 0.1) is 0 Å². The molecular weight excluding hydrogens is 644 g/mol. The lowest BCUT2D eigenvalue weighted by Crippen LogP contribution is -2.45. The average Bonchev–Trinajstić information content (AvgIpc) is 3.69. The van der Waals surface area contributed by atoms with E-state index < -0.39 is 11.9 Å². The first kappa shape index (κ1) is 34.8. The third-order valence-corrected chi connectivity index (χ3v) is 9.73. The van der Waals surface area contributed by atoms with Gasteiger partial charge in [0.05, 0.1) is 36.5 Å². The maximum absolute atomic E-state index is 13.1. The van der Waals surface area contributed by atoms with Crippen molar-refractivity contribution >= 4 is 17.8 Å². The number of likely N-dealkylation sites (tertiary alicyclic amines) is 1. The Kier molecular flexibility index (Phi) is 9.90. The Balaban J connectivity index is 1.12. The number of benzene rings is 4. The fraction of sp³-hybridized carbons (Fsp3) is 0.357. The van der Waals surface area contributed by atoms with E-state index in [0.29, 0.717) is 24.1 Å². The minimum atomic E-state index is -0.671. The Bertz CT molecular complexity index is 1880. The minimum absolute atomic E-state index is 0.0343. The lowest BCUT2D eigenvalue weighted by molar-refractivity contribution is -0.253. The normalized spacial score (nSPS) is 22.3. The van der Waals surface area contributed by atoms with Crippen LogP contribution in [0.1, 0.15) is 95.4 Å². The van der Waals surface area contributed by atoms with Gasteiger partial charge in [-0.15, -0.1) is 0 Å². The number of amides is 2. The standard InChI is InChI=1S/C42H44N2O7/c1-42(2,3)51-40(48)36-15-8-20-43(36)25-33-23-37(29-18-16-27(26-45)17-19-29)50-41(49-33)32-12-7-11-31(22-32)30-10-6-9-28(21-30)24-44-38(46)34-13-4-5-14-35(34)39(44)47/h4-7,9-14,16-19,21-22,33,36-37,41,45H,8,15,20,23-26H2,1-3H3/t33-,36-,37+,41+/m0/s1. The molecule has 4 aromatic carbocycles. The molecule has 0 bridgehead atoms. The van der Waals surface area contributed by atoms with Crippen molar-refractivity contribution in [2.75, 3.05) is 13.1 Å². The van der Waals surface area contributed by atoms with Crippen LogP contribution >= 0.6 is 0 Å². The molecule has 7 rings (SSSR count). The molecule has 1 N–H and O–H groups in total. The second-order valence-corrected chi connectivity index (χ2v) is 14.6. The lowest BCUT2D eigenvalue weighted by atomic mass is 9.98. The zero-order valence-corrected chi connectivity index (χ0v) is 29.3. The van der Waals surface area contributed by atoms with E-state index in [1.807, 2.05) is 87.5 Å². The lowest BCUT2D eigenvalue weighted by Gasteiger charge is -2.38. The summed E-state index contributed by atoms with van der Waals surface area (Å²) in [5.41, 5.74) is 5.71. The van der Waals surface area contributed by atoms with Crippen LogP contribution in [0.5, 0.6) is 0 Å². The highest BCUT2D eigenvalue weighted by molar-refractivity contribution is 6.21. The summed E-state index contributed by atoms with van der Waals surface area (Å²) in [5.74, 6) is -0.759. The molecule has 4 aromatic rings. The van der Waals surface area contributed by atoms with Gasteiger partial charge in [-0.2, -0.15) is 0 Å². The molecule has 4 atom stereocenters. The number of ether oxygens (including phenoxy) is 3. The van der Waals surface area contributed by atoms with Crippen LogP contribution in [-0.2, 0) is 32.2 Å². The number of aliphatic hydroxyl groups is 1. The van der Waals surface area contributed by atoms with Gasteiger partial charge >= 0.3 is 5.97 Å². The Morgan fingerprint density at radius 2 is 1.51 bits per heavy atom. The molecule has 2 amide bonds. The summed E-state index contributed by atoms with van der Waals surface area (Å²) < 4.78 is 19.1. The number of fused-ring (bicyclic) bond motifs is 1. The first-order chi connectivity index (χ1) is 24.6. The summed E-state index contributed by atoms with van der Waals surface area (Å²) in [6.45, 7) is 7.17. The maximum atomic E-state index is 13.1. The summed E-state index contributed by atoms with van der Waals surface area (Å²) in [4.78, 5) is 42.7. The first-order valence-corrected chi connectivity index (χ1v) is 17.7. The second-order valence-electron chi connectivity index (χ2n) is 14.6. The van der Waals surface area contributed by atoms with Crippen molar-refractivity contribution in [2.24, 2.45) is 0 Å². The van der Waals surface area contributed by atoms with Gasteiger partial charge in [-0.3, -0.25) is 24.2 Å². The molecule has 0 saturated carbocycles. The highest BCUT2D eigenvalue weighted by atomic mass is 16.7. The Labute approximate surface area is 298 Å². The van der Waals surface area contributed by atoms with Crippen molar-refractivity contribution in [3.63, 3.8) is 0 Å². The molecule has 264 valence electrons. The summed E-state index contributed by atoms with van der Waals surface area (Å²) >= 11 is 0. The molecule has 2 fully saturated rings. The van der Waals surface area contributed by atoms with Crippen molar-refractivity contribution in [1.82, 2.24) is 9.80 Å². The zero-order valence-electron chi connectivity index (χ0n) is 29.3. The molecule has 2 saturated heterocycles. The number of esters is 1. The summed E-state index contributed by atoms with van der Waals surface area (Å²) in [7, 11) is 0. The SMILES string of the molecule is CC(C)(C)OC(=O)[C@@H]1CCCN1C[C@@H]1C[C@H](c2ccc(CO)cc2)O[C@H](c2cccc(-c3cccc(CN4C(=O)c5ccccc5C4=O)c3)c2)O1. The average molecular weight is 689 g/mol. The van der Waals surface area contributed by atoms with E-state index in [4.69, 9.17) is 14.2 Å². The van der Waals surface area contributed by atoms with Crippen LogP contribution < -0.4 is 0 Å². The van der Waals surface area contributed by atoms with Crippen molar-refractivity contribution in [3.8, 4) is 11.1 Å². The molecule has 9 nitrogen and oxygen atoms in total. The molecule has 0 radical (unpaired) electrons. The monoisotopic (exact) mass is 688 g/mol. The van der Waals surface area contributed by atoms with E-state index in [2.05, 4.69) is 11.0 Å². The van der Waals surface area contributed by atoms with E-state index in [1.54, 1.807) is 24.3 Å². The number of nitrogens with zero attached hydrogens (tertiary/aromatic N) is 2. The van der Waals surface area contributed by atoms with Gasteiger partial charge in [0.2, 0.25) is 0 Å². The molecule has 0 aromatic heterocycles. The third-order valence-electron chi connectivity index (χ3n) is 9.73. The number of carbonyl (C=O) groups is 3. The van der Waals surface area contributed by atoms with Gasteiger partial charge in [-0.25, -0.2) is 0 Å². The second kappa shape index (κ2) is 14.5. The molecule has 0 unspecified atom stereocenters. The van der Waals surface area contributed by atoms with Crippen molar-refractivity contribution in [3.05, 3.63) is 130 Å². The molecule has 51 heavy (non-hydrogen) atoms. The Morgan fingerprint density at radius 1 is 0.824 bits per heavy atom. The van der Waals surface area contributed by atoms with E-state index in [0.717, 1.165) is 52.8 Å². The van der Waals surface area contributed by atoms with Gasteiger partial charge in [0, 0.05) is 18.5 Å². The Morgan fingerprint density at radius 3 is 2.20 bits per heavy atom. The molecule has 9 heteroatoms. The first-order valence-electron chi connectivity index (χ1n) is 17.7. The van der Waals surface area contributed by atoms with E-state index in [1.165, 1.54) is 4.90 Å². The molecule has 3 aliphatic heterocycles. The van der Waals surface area contributed by atoms with Gasteiger partial charge in [0.15, 0.2) is 6.29 Å². The van der Waals surface area contributed by atoms with Crippen LogP contribution in [0.3, 0.4) is 0 Å². The molecular formula is C42H44N2O7. The van der Waals surface area contributed by atoms with Crippen molar-refractivity contribution in [1.29, 1.82) is 0 Å². The smallest absolute Gasteiger partial charge is 0.323 e. The number of hydrogen-bond acceptors (Lipinski definition) is 8. The largest absolute Gasteiger partial charge is 0.459 e. The fourth-order valence-corrected chi connectivity index (χ4v) is 7.26. The number of aliphatic hydroxyl groups excluding tert-OH is 1. The van der Waals surface area contributed by atoms with Crippen LogP contribution in [0.25, 0.3) is 11.1 Å². The molecule has 3 aliphatic rings. The number of rotatable bonds is 9. The van der Waals surface area contributed by atoms with E-state index in [-0.39, 0.29) is 49.2 Å². The van der Waals surface area contributed by atoms with Crippen LogP contribution in [0.15, 0.2) is 97.1 Å². The van der Waals surface area contributed by atoms with Gasteiger partial charge < -0.3 is 19.3 Å². The van der Waals surface area contributed by atoms with Gasteiger partial charge in [0.25, 0.3) is 11.8 Å². The van der Waals surface area contributed by atoms with Crippen molar-refractivity contribution < 1.29 is 33.7 Å². The van der Waals surface area contributed by atoms with Crippen LogP contribution in [0.2, 0.25) is 0 Å². The summed E-state index contributed by atoms with van der Waals surface area (Å²) in [6, 6.07) is 30.3. The summed E-state index contributed by atoms with van der Waals surface area (Å²) in [5, 5.41) is 9.61. The number of imide groups is 1. The number of carbonyl (C=O) groups excluding carboxylic acids is 3.